The first-order chi connectivity index (χ1) is 7.70. The quantitative estimate of drug-likeness (QED) is 0.633. The van der Waals surface area contributed by atoms with Crippen molar-refractivity contribution in [3.63, 3.8) is 0 Å². The molecule has 5 nitrogen and oxygen atoms in total. The lowest BCUT2D eigenvalue weighted by atomic mass is 10.3. The molecule has 0 aliphatic heterocycles. The van der Waals surface area contributed by atoms with E-state index in [0.29, 0.717) is 23.3 Å². The highest BCUT2D eigenvalue weighted by atomic mass is 16.5. The Morgan fingerprint density at radius 1 is 1.50 bits per heavy atom. The molecule has 0 saturated carbocycles. The second-order valence-corrected chi connectivity index (χ2v) is 3.37. The van der Waals surface area contributed by atoms with Crippen LogP contribution < -0.4 is 10.5 Å². The number of fused-ring (bicyclic) bond motifs is 1. The molecule has 0 aliphatic carbocycles. The molecule has 0 aliphatic rings. The molecule has 0 spiro atoms. The van der Waals surface area contributed by atoms with E-state index in [9.17, 15) is 9.59 Å². The van der Waals surface area contributed by atoms with Crippen molar-refractivity contribution in [2.45, 2.75) is 19.8 Å². The summed E-state index contributed by atoms with van der Waals surface area (Å²) in [5.74, 6) is -0.562. The van der Waals surface area contributed by atoms with Crippen LogP contribution in [-0.2, 0) is 4.79 Å². The lowest BCUT2D eigenvalue weighted by Gasteiger charge is -2.02. The Balaban J connectivity index is 2.36. The van der Waals surface area contributed by atoms with Crippen LogP contribution in [0.3, 0.4) is 0 Å². The number of H-pyrrole nitrogens is 1. The van der Waals surface area contributed by atoms with Gasteiger partial charge in [-0.2, -0.15) is 0 Å². The Hall–Kier alpha value is -2.04. The maximum Gasteiger partial charge on any atom is 0.417 e. The molecular weight excluding hydrogens is 210 g/mol. The minimum atomic E-state index is -0.561. The lowest BCUT2D eigenvalue weighted by molar-refractivity contribution is -0.134. The third kappa shape index (κ3) is 1.98. The molecule has 0 fully saturated rings. The minimum Gasteiger partial charge on any atom is -0.424 e. The number of ether oxygens (including phenoxy) is 1. The molecule has 0 unspecified atom stereocenters. The van der Waals surface area contributed by atoms with E-state index in [1.54, 1.807) is 18.2 Å². The zero-order valence-electron chi connectivity index (χ0n) is 8.78. The van der Waals surface area contributed by atoms with E-state index >= 15 is 0 Å². The van der Waals surface area contributed by atoms with Crippen molar-refractivity contribution in [3.05, 3.63) is 28.7 Å². The predicted molar refractivity (Wildman–Crippen MR) is 57.4 cm³/mol. The zero-order valence-corrected chi connectivity index (χ0v) is 8.78. The first-order valence-corrected chi connectivity index (χ1v) is 5.03. The molecule has 2 rings (SSSR count). The summed E-state index contributed by atoms with van der Waals surface area (Å²) in [5.41, 5.74) is 0.795. The van der Waals surface area contributed by atoms with Crippen LogP contribution in [0, 0.1) is 0 Å². The van der Waals surface area contributed by atoms with Crippen LogP contribution in [0.2, 0.25) is 0 Å². The van der Waals surface area contributed by atoms with Gasteiger partial charge in [-0.05, 0) is 18.6 Å². The summed E-state index contributed by atoms with van der Waals surface area (Å²) < 4.78 is 9.96. The molecule has 0 saturated heterocycles. The average Bonchev–Trinajstić information content (AvgIpc) is 2.60. The van der Waals surface area contributed by atoms with Gasteiger partial charge in [-0.3, -0.25) is 9.78 Å². The minimum absolute atomic E-state index is 0.321. The standard InChI is InChI=1S/C11H11NO4/c1-2-4-9(13)15-7-5-3-6-8-10(7)12-11(14)16-8/h3,5-6H,2,4H2,1H3,(H,12,14). The first-order valence-electron chi connectivity index (χ1n) is 5.03. The van der Waals surface area contributed by atoms with Crippen LogP contribution in [0.5, 0.6) is 5.75 Å². The van der Waals surface area contributed by atoms with Crippen LogP contribution in [0.4, 0.5) is 0 Å². The zero-order chi connectivity index (χ0) is 11.5. The van der Waals surface area contributed by atoms with Gasteiger partial charge in [0, 0.05) is 6.42 Å². The number of rotatable bonds is 3. The molecule has 1 aromatic carbocycles. The number of nitrogens with one attached hydrogen (secondary N) is 1. The second-order valence-electron chi connectivity index (χ2n) is 3.37. The molecule has 1 heterocycles. The Bertz CT molecular complexity index is 567. The number of carbonyl (C=O) groups excluding carboxylic acids is 1. The number of aromatic amines is 1. The smallest absolute Gasteiger partial charge is 0.417 e. The molecule has 0 atom stereocenters. The summed E-state index contributed by atoms with van der Waals surface area (Å²) in [6.45, 7) is 1.89. The number of hydrogen-bond donors (Lipinski definition) is 1. The van der Waals surface area contributed by atoms with E-state index in [1.165, 1.54) is 0 Å². The maximum absolute atomic E-state index is 11.3. The van der Waals surface area contributed by atoms with Gasteiger partial charge in [-0.25, -0.2) is 4.79 Å². The van der Waals surface area contributed by atoms with Gasteiger partial charge in [0.2, 0.25) is 0 Å². The van der Waals surface area contributed by atoms with Gasteiger partial charge in [0.15, 0.2) is 11.3 Å². The number of para-hydroxylation sites is 1. The fraction of sp³-hybridized carbons (Fsp3) is 0.273. The van der Waals surface area contributed by atoms with Crippen LogP contribution in [0.1, 0.15) is 19.8 Å². The molecule has 0 radical (unpaired) electrons. The number of esters is 1. The third-order valence-corrected chi connectivity index (χ3v) is 2.10. The summed E-state index contributed by atoms with van der Waals surface area (Å²) in [6.07, 6.45) is 1.06. The van der Waals surface area contributed by atoms with Gasteiger partial charge < -0.3 is 9.15 Å². The van der Waals surface area contributed by atoms with Crippen molar-refractivity contribution >= 4 is 17.1 Å². The van der Waals surface area contributed by atoms with Crippen molar-refractivity contribution in [1.82, 2.24) is 4.98 Å². The summed E-state index contributed by atoms with van der Waals surface area (Å²) in [5, 5.41) is 0. The molecule has 2 aromatic rings. The molecule has 16 heavy (non-hydrogen) atoms. The molecule has 0 bridgehead atoms. The maximum atomic E-state index is 11.3. The average molecular weight is 221 g/mol. The molecular formula is C11H11NO4. The first kappa shape index (κ1) is 10.5. The number of carbonyl (C=O) groups is 1. The molecule has 0 amide bonds. The normalized spacial score (nSPS) is 10.6. The van der Waals surface area contributed by atoms with Crippen LogP contribution >= 0.6 is 0 Å². The summed E-state index contributed by atoms with van der Waals surface area (Å²) in [6, 6.07) is 4.90. The molecule has 1 aromatic heterocycles. The van der Waals surface area contributed by atoms with Crippen molar-refractivity contribution in [3.8, 4) is 5.75 Å². The van der Waals surface area contributed by atoms with Crippen molar-refractivity contribution in [2.24, 2.45) is 0 Å². The van der Waals surface area contributed by atoms with E-state index in [0.717, 1.165) is 6.42 Å². The van der Waals surface area contributed by atoms with E-state index < -0.39 is 5.76 Å². The van der Waals surface area contributed by atoms with Crippen LogP contribution in [0.25, 0.3) is 11.1 Å². The third-order valence-electron chi connectivity index (χ3n) is 2.10. The fourth-order valence-electron chi connectivity index (χ4n) is 1.41. The van der Waals surface area contributed by atoms with Crippen LogP contribution in [-0.4, -0.2) is 11.0 Å². The van der Waals surface area contributed by atoms with Gasteiger partial charge in [-0.1, -0.05) is 13.0 Å². The summed E-state index contributed by atoms with van der Waals surface area (Å²) in [4.78, 5) is 24.8. The number of oxazole rings is 1. The Kier molecular flexibility index (Phi) is 2.76. The Labute approximate surface area is 91.0 Å². The van der Waals surface area contributed by atoms with Crippen molar-refractivity contribution in [1.29, 1.82) is 0 Å². The van der Waals surface area contributed by atoms with Gasteiger partial charge in [-0.15, -0.1) is 0 Å². The summed E-state index contributed by atoms with van der Waals surface area (Å²) >= 11 is 0. The molecule has 1 N–H and O–H groups in total. The highest BCUT2D eigenvalue weighted by Crippen LogP contribution is 2.22. The van der Waals surface area contributed by atoms with Crippen molar-refractivity contribution in [2.75, 3.05) is 0 Å². The topological polar surface area (TPSA) is 72.3 Å². The summed E-state index contributed by atoms with van der Waals surface area (Å²) in [7, 11) is 0. The lowest BCUT2D eigenvalue weighted by Crippen LogP contribution is -2.07. The SMILES string of the molecule is CCCC(=O)Oc1cccc2oc(=O)[nH]c12. The van der Waals surface area contributed by atoms with Gasteiger partial charge >= 0.3 is 11.7 Å². The second kappa shape index (κ2) is 4.22. The van der Waals surface area contributed by atoms with Crippen molar-refractivity contribution < 1.29 is 13.9 Å². The Morgan fingerprint density at radius 2 is 2.31 bits per heavy atom. The number of benzene rings is 1. The van der Waals surface area contributed by atoms with Gasteiger partial charge in [0.1, 0.15) is 5.52 Å². The number of aromatic nitrogens is 1. The van der Waals surface area contributed by atoms with E-state index in [2.05, 4.69) is 4.98 Å². The predicted octanol–water partition coefficient (Wildman–Crippen LogP) is 1.83. The number of hydrogen-bond acceptors (Lipinski definition) is 4. The van der Waals surface area contributed by atoms with Crippen LogP contribution in [0.15, 0.2) is 27.4 Å². The highest BCUT2D eigenvalue weighted by Gasteiger charge is 2.10. The van der Waals surface area contributed by atoms with Gasteiger partial charge in [0.25, 0.3) is 0 Å². The van der Waals surface area contributed by atoms with E-state index in [4.69, 9.17) is 9.15 Å². The van der Waals surface area contributed by atoms with E-state index in [-0.39, 0.29) is 5.97 Å². The molecule has 84 valence electrons. The van der Waals surface area contributed by atoms with E-state index in [1.807, 2.05) is 6.92 Å². The largest absolute Gasteiger partial charge is 0.424 e. The highest BCUT2D eigenvalue weighted by molar-refractivity contribution is 5.83. The monoisotopic (exact) mass is 221 g/mol. The molecule has 5 heteroatoms. The van der Waals surface area contributed by atoms with Gasteiger partial charge in [0.05, 0.1) is 0 Å². The Morgan fingerprint density at radius 3 is 3.06 bits per heavy atom. The fourth-order valence-corrected chi connectivity index (χ4v) is 1.41.